The highest BCUT2D eigenvalue weighted by Crippen LogP contribution is 2.26. The fraction of sp³-hybridized carbons (Fsp3) is 0.500. The lowest BCUT2D eigenvalue weighted by Crippen LogP contribution is -2.40. The Balaban J connectivity index is 1.63. The molecule has 0 aromatic heterocycles. The Bertz CT molecular complexity index is 727. The third kappa shape index (κ3) is 3.55. The lowest BCUT2D eigenvalue weighted by Gasteiger charge is -2.18. The number of carbonyl (C=O) groups excluding carboxylic acids is 2. The van der Waals surface area contributed by atoms with Gasteiger partial charge in [0.1, 0.15) is 0 Å². The van der Waals surface area contributed by atoms with Gasteiger partial charge in [0.05, 0.1) is 17.4 Å². The molecule has 0 spiro atoms. The Morgan fingerprint density at radius 2 is 1.96 bits per heavy atom. The van der Waals surface area contributed by atoms with Gasteiger partial charge in [0.25, 0.3) is 0 Å². The normalized spacial score (nSPS) is 26.5. The summed E-state index contributed by atoms with van der Waals surface area (Å²) in [5, 5.41) is 2.78. The van der Waals surface area contributed by atoms with Crippen LogP contribution in [0.2, 0.25) is 0 Å². The van der Waals surface area contributed by atoms with E-state index in [1.165, 1.54) is 0 Å². The van der Waals surface area contributed by atoms with Crippen molar-refractivity contribution in [2.45, 2.75) is 25.8 Å². The molecule has 2 heterocycles. The Kier molecular flexibility index (Phi) is 4.14. The Labute approximate surface area is 135 Å². The van der Waals surface area contributed by atoms with Crippen LogP contribution in [-0.2, 0) is 19.4 Å². The second-order valence-electron chi connectivity index (χ2n) is 6.35. The number of aryl methyl sites for hydroxylation is 1. The Morgan fingerprint density at radius 3 is 2.57 bits per heavy atom. The number of amides is 2. The standard InChI is InChI=1S/C16H20N2O4S/c1-11-2-4-14(5-3-11)18-9-12(8-15(18)19)16(20)17-13-6-7-23(21,22)10-13/h2-5,12-13H,6-10H2,1H3,(H,17,20)/t12-,13+/m1/s1. The molecule has 2 amide bonds. The number of nitrogens with one attached hydrogen (secondary N) is 1. The van der Waals surface area contributed by atoms with Crippen LogP contribution in [0.5, 0.6) is 0 Å². The van der Waals surface area contributed by atoms with E-state index in [4.69, 9.17) is 0 Å². The van der Waals surface area contributed by atoms with E-state index in [1.807, 2.05) is 31.2 Å². The average molecular weight is 336 g/mol. The molecule has 3 rings (SSSR count). The van der Waals surface area contributed by atoms with Crippen LogP contribution in [-0.4, -0.2) is 44.3 Å². The monoisotopic (exact) mass is 336 g/mol. The molecule has 124 valence electrons. The minimum atomic E-state index is -3.03. The zero-order valence-corrected chi connectivity index (χ0v) is 13.8. The molecule has 0 bridgehead atoms. The number of carbonyl (C=O) groups is 2. The van der Waals surface area contributed by atoms with E-state index in [0.717, 1.165) is 11.3 Å². The first-order valence-corrected chi connectivity index (χ1v) is 9.54. The molecule has 6 nitrogen and oxygen atoms in total. The molecule has 0 unspecified atom stereocenters. The van der Waals surface area contributed by atoms with Gasteiger partial charge in [-0.25, -0.2) is 8.42 Å². The number of benzene rings is 1. The minimum Gasteiger partial charge on any atom is -0.352 e. The molecule has 2 atom stereocenters. The van der Waals surface area contributed by atoms with Gasteiger partial charge in [-0.2, -0.15) is 0 Å². The van der Waals surface area contributed by atoms with Gasteiger partial charge in [0, 0.05) is 24.7 Å². The summed E-state index contributed by atoms with van der Waals surface area (Å²) >= 11 is 0. The van der Waals surface area contributed by atoms with E-state index in [1.54, 1.807) is 4.90 Å². The molecule has 2 aliphatic rings. The van der Waals surface area contributed by atoms with Crippen molar-refractivity contribution in [1.82, 2.24) is 5.32 Å². The van der Waals surface area contributed by atoms with Crippen molar-refractivity contribution in [3.05, 3.63) is 29.8 Å². The number of anilines is 1. The Morgan fingerprint density at radius 1 is 1.26 bits per heavy atom. The molecule has 2 saturated heterocycles. The highest BCUT2D eigenvalue weighted by Gasteiger charge is 2.37. The highest BCUT2D eigenvalue weighted by molar-refractivity contribution is 7.91. The molecule has 7 heteroatoms. The van der Waals surface area contributed by atoms with E-state index in [9.17, 15) is 18.0 Å². The maximum Gasteiger partial charge on any atom is 0.227 e. The molecule has 2 aliphatic heterocycles. The molecular weight excluding hydrogens is 316 g/mol. The van der Waals surface area contributed by atoms with Gasteiger partial charge >= 0.3 is 0 Å². The van der Waals surface area contributed by atoms with Crippen molar-refractivity contribution in [1.29, 1.82) is 0 Å². The van der Waals surface area contributed by atoms with Crippen molar-refractivity contribution in [2.24, 2.45) is 5.92 Å². The first kappa shape index (κ1) is 16.0. The fourth-order valence-electron chi connectivity index (χ4n) is 3.09. The zero-order valence-electron chi connectivity index (χ0n) is 13.0. The second-order valence-corrected chi connectivity index (χ2v) is 8.58. The van der Waals surface area contributed by atoms with Crippen molar-refractivity contribution in [2.75, 3.05) is 23.0 Å². The van der Waals surface area contributed by atoms with Gasteiger partial charge in [-0.05, 0) is 25.5 Å². The summed E-state index contributed by atoms with van der Waals surface area (Å²) in [7, 11) is -3.03. The third-order valence-corrected chi connectivity index (χ3v) is 6.19. The number of hydrogen-bond donors (Lipinski definition) is 1. The molecule has 0 saturated carbocycles. The van der Waals surface area contributed by atoms with E-state index < -0.39 is 15.8 Å². The van der Waals surface area contributed by atoms with Crippen LogP contribution in [0.3, 0.4) is 0 Å². The van der Waals surface area contributed by atoms with Crippen LogP contribution in [0.4, 0.5) is 5.69 Å². The SMILES string of the molecule is Cc1ccc(N2C[C@H](C(=O)N[C@H]3CCS(=O)(=O)C3)CC2=O)cc1. The molecular formula is C16H20N2O4S. The molecule has 1 aromatic rings. The summed E-state index contributed by atoms with van der Waals surface area (Å²) in [6.07, 6.45) is 0.621. The van der Waals surface area contributed by atoms with Gasteiger partial charge in [0.15, 0.2) is 9.84 Å². The maximum atomic E-state index is 12.3. The van der Waals surface area contributed by atoms with E-state index >= 15 is 0 Å². The van der Waals surface area contributed by atoms with Crippen LogP contribution in [0.1, 0.15) is 18.4 Å². The summed E-state index contributed by atoms with van der Waals surface area (Å²) in [4.78, 5) is 26.1. The summed E-state index contributed by atoms with van der Waals surface area (Å²) in [6.45, 7) is 2.31. The number of nitrogens with zero attached hydrogens (tertiary/aromatic N) is 1. The van der Waals surface area contributed by atoms with Crippen LogP contribution in [0.25, 0.3) is 0 Å². The zero-order chi connectivity index (χ0) is 16.6. The van der Waals surface area contributed by atoms with Gasteiger partial charge in [-0.1, -0.05) is 17.7 Å². The molecule has 2 fully saturated rings. The first-order chi connectivity index (χ1) is 10.8. The predicted octanol–water partition coefficient (Wildman–Crippen LogP) is 0.651. The van der Waals surface area contributed by atoms with Crippen molar-refractivity contribution in [3.63, 3.8) is 0 Å². The van der Waals surface area contributed by atoms with E-state index in [2.05, 4.69) is 5.32 Å². The summed E-state index contributed by atoms with van der Waals surface area (Å²) in [6, 6.07) is 7.28. The van der Waals surface area contributed by atoms with Crippen molar-refractivity contribution in [3.8, 4) is 0 Å². The smallest absolute Gasteiger partial charge is 0.227 e. The summed E-state index contributed by atoms with van der Waals surface area (Å²) in [5.74, 6) is -0.604. The topological polar surface area (TPSA) is 83.6 Å². The van der Waals surface area contributed by atoms with Crippen LogP contribution in [0.15, 0.2) is 24.3 Å². The van der Waals surface area contributed by atoms with Crippen LogP contribution >= 0.6 is 0 Å². The number of rotatable bonds is 3. The van der Waals surface area contributed by atoms with Crippen LogP contribution in [0, 0.1) is 12.8 Å². The molecule has 0 radical (unpaired) electrons. The molecule has 1 aromatic carbocycles. The summed E-state index contributed by atoms with van der Waals surface area (Å²) in [5.41, 5.74) is 1.90. The second kappa shape index (κ2) is 5.96. The van der Waals surface area contributed by atoms with Crippen molar-refractivity contribution < 1.29 is 18.0 Å². The van der Waals surface area contributed by atoms with Gasteiger partial charge in [-0.15, -0.1) is 0 Å². The molecule has 1 N–H and O–H groups in total. The largest absolute Gasteiger partial charge is 0.352 e. The van der Waals surface area contributed by atoms with Gasteiger partial charge in [0.2, 0.25) is 11.8 Å². The fourth-order valence-corrected chi connectivity index (χ4v) is 4.76. The molecule has 0 aliphatic carbocycles. The lowest BCUT2D eigenvalue weighted by atomic mass is 10.1. The highest BCUT2D eigenvalue weighted by atomic mass is 32.2. The third-order valence-electron chi connectivity index (χ3n) is 4.42. The minimum absolute atomic E-state index is 0.00107. The van der Waals surface area contributed by atoms with Crippen LogP contribution < -0.4 is 10.2 Å². The van der Waals surface area contributed by atoms with Crippen molar-refractivity contribution >= 4 is 27.3 Å². The lowest BCUT2D eigenvalue weighted by molar-refractivity contribution is -0.126. The van der Waals surface area contributed by atoms with Gasteiger partial charge < -0.3 is 10.2 Å². The quantitative estimate of drug-likeness (QED) is 0.878. The first-order valence-electron chi connectivity index (χ1n) is 7.72. The van der Waals surface area contributed by atoms with E-state index in [-0.39, 0.29) is 35.8 Å². The molecule has 23 heavy (non-hydrogen) atoms. The maximum absolute atomic E-state index is 12.3. The number of hydrogen-bond acceptors (Lipinski definition) is 4. The Hall–Kier alpha value is -1.89. The van der Waals surface area contributed by atoms with E-state index in [0.29, 0.717) is 13.0 Å². The van der Waals surface area contributed by atoms with Gasteiger partial charge in [-0.3, -0.25) is 9.59 Å². The average Bonchev–Trinajstić information content (AvgIpc) is 3.03. The summed E-state index contributed by atoms with van der Waals surface area (Å²) < 4.78 is 22.9. The number of sulfone groups is 1. The predicted molar refractivity (Wildman–Crippen MR) is 86.8 cm³/mol.